The molecule has 0 unspecified atom stereocenters. The van der Waals surface area contributed by atoms with Crippen LogP contribution in [0, 0.1) is 0 Å². The summed E-state index contributed by atoms with van der Waals surface area (Å²) < 4.78 is 7.96. The number of nitrogens with zero attached hydrogens (tertiary/aromatic N) is 2. The Balaban J connectivity index is 1.97. The van der Waals surface area contributed by atoms with Crippen LogP contribution >= 0.6 is 11.3 Å². The van der Waals surface area contributed by atoms with E-state index in [1.54, 1.807) is 13.3 Å². The normalized spacial score (nSPS) is 11.3. The van der Waals surface area contributed by atoms with E-state index in [9.17, 15) is 5.11 Å². The third-order valence-corrected chi connectivity index (χ3v) is 4.41. The fourth-order valence-corrected chi connectivity index (χ4v) is 3.35. The molecule has 0 atom stereocenters. The molecule has 0 saturated heterocycles. The van der Waals surface area contributed by atoms with E-state index in [1.807, 2.05) is 28.8 Å². The summed E-state index contributed by atoms with van der Waals surface area (Å²) in [5, 5.41) is 10.9. The Bertz CT molecular complexity index is 730. The van der Waals surface area contributed by atoms with Crippen molar-refractivity contribution in [3.05, 3.63) is 30.5 Å². The third-order valence-electron chi connectivity index (χ3n) is 3.36. The SMILES string of the molecule is COCCCn1cc(O)c(-c2nc3ccccc3s2)c1N. The highest BCUT2D eigenvalue weighted by Gasteiger charge is 2.18. The number of aromatic nitrogens is 2. The van der Waals surface area contributed by atoms with Crippen molar-refractivity contribution < 1.29 is 9.84 Å². The number of rotatable bonds is 5. The number of hydrogen-bond acceptors (Lipinski definition) is 5. The number of ether oxygens (including phenoxy) is 1. The first kappa shape index (κ1) is 13.9. The molecule has 0 aliphatic rings. The molecule has 0 radical (unpaired) electrons. The second-order valence-electron chi connectivity index (χ2n) is 4.80. The van der Waals surface area contributed by atoms with Gasteiger partial charge in [-0.25, -0.2) is 4.98 Å². The molecule has 0 amide bonds. The molecule has 5 nitrogen and oxygen atoms in total. The van der Waals surface area contributed by atoms with Gasteiger partial charge in [-0.15, -0.1) is 11.3 Å². The maximum absolute atomic E-state index is 10.2. The van der Waals surface area contributed by atoms with Crippen LogP contribution in [0.15, 0.2) is 30.5 Å². The number of benzene rings is 1. The lowest BCUT2D eigenvalue weighted by Gasteiger charge is -2.05. The molecular formula is C15H17N3O2S. The molecule has 3 aromatic rings. The van der Waals surface area contributed by atoms with Crippen LogP contribution in [0.2, 0.25) is 0 Å². The van der Waals surface area contributed by atoms with E-state index in [0.717, 1.165) is 21.6 Å². The van der Waals surface area contributed by atoms with Crippen LogP contribution in [0.1, 0.15) is 6.42 Å². The fourth-order valence-electron chi connectivity index (χ4n) is 2.32. The van der Waals surface area contributed by atoms with E-state index in [0.29, 0.717) is 24.5 Å². The Labute approximate surface area is 126 Å². The van der Waals surface area contributed by atoms with E-state index in [4.69, 9.17) is 10.5 Å². The van der Waals surface area contributed by atoms with Crippen molar-refractivity contribution in [1.82, 2.24) is 9.55 Å². The summed E-state index contributed by atoms with van der Waals surface area (Å²) in [4.78, 5) is 4.55. The number of hydrogen-bond donors (Lipinski definition) is 2. The zero-order valence-corrected chi connectivity index (χ0v) is 12.6. The molecule has 0 aliphatic carbocycles. The molecule has 3 rings (SSSR count). The topological polar surface area (TPSA) is 73.3 Å². The van der Waals surface area contributed by atoms with Crippen LogP contribution in [-0.4, -0.2) is 28.4 Å². The van der Waals surface area contributed by atoms with Crippen molar-refractivity contribution in [3.8, 4) is 16.3 Å². The van der Waals surface area contributed by atoms with Crippen LogP contribution in [0.5, 0.6) is 5.75 Å². The molecule has 110 valence electrons. The van der Waals surface area contributed by atoms with Crippen molar-refractivity contribution in [1.29, 1.82) is 0 Å². The third kappa shape index (κ3) is 2.59. The Morgan fingerprint density at radius 3 is 2.95 bits per heavy atom. The van der Waals surface area contributed by atoms with Gasteiger partial charge in [-0.1, -0.05) is 12.1 Å². The summed E-state index contributed by atoms with van der Waals surface area (Å²) >= 11 is 1.53. The van der Waals surface area contributed by atoms with Gasteiger partial charge in [0.15, 0.2) is 0 Å². The van der Waals surface area contributed by atoms with Crippen molar-refractivity contribution >= 4 is 27.4 Å². The lowest BCUT2D eigenvalue weighted by molar-refractivity contribution is 0.190. The van der Waals surface area contributed by atoms with Gasteiger partial charge in [0.1, 0.15) is 16.6 Å². The maximum Gasteiger partial charge on any atom is 0.145 e. The maximum atomic E-state index is 10.2. The molecule has 1 aromatic carbocycles. The average molecular weight is 303 g/mol. The standard InChI is InChI=1S/C15H17N3O2S/c1-20-8-4-7-18-9-11(19)13(14(18)16)15-17-10-5-2-3-6-12(10)21-15/h2-3,5-6,9,19H,4,7-8,16H2,1H3. The first-order valence-electron chi connectivity index (χ1n) is 6.73. The van der Waals surface area contributed by atoms with Gasteiger partial charge < -0.3 is 20.1 Å². The number of para-hydroxylation sites is 1. The number of aromatic hydroxyl groups is 1. The molecule has 6 heteroatoms. The smallest absolute Gasteiger partial charge is 0.145 e. The second kappa shape index (κ2) is 5.75. The number of fused-ring (bicyclic) bond motifs is 1. The summed E-state index contributed by atoms with van der Waals surface area (Å²) in [6, 6.07) is 7.89. The summed E-state index contributed by atoms with van der Waals surface area (Å²) in [5.74, 6) is 0.714. The zero-order chi connectivity index (χ0) is 14.8. The average Bonchev–Trinajstić information content (AvgIpc) is 3.00. The lowest BCUT2D eigenvalue weighted by atomic mass is 10.3. The molecule has 3 N–H and O–H groups in total. The molecule has 0 saturated carbocycles. The van der Waals surface area contributed by atoms with Gasteiger partial charge >= 0.3 is 0 Å². The minimum absolute atomic E-state index is 0.170. The van der Waals surface area contributed by atoms with Crippen molar-refractivity contribution in [2.24, 2.45) is 0 Å². The molecule has 0 bridgehead atoms. The predicted octanol–water partition coefficient (Wildman–Crippen LogP) is 3.09. The van der Waals surface area contributed by atoms with E-state index >= 15 is 0 Å². The van der Waals surface area contributed by atoms with Gasteiger partial charge in [0.25, 0.3) is 0 Å². The molecule has 0 fully saturated rings. The molecule has 21 heavy (non-hydrogen) atoms. The van der Waals surface area contributed by atoms with Crippen LogP contribution < -0.4 is 5.73 Å². The highest BCUT2D eigenvalue weighted by molar-refractivity contribution is 7.21. The predicted molar refractivity (Wildman–Crippen MR) is 85.6 cm³/mol. The summed E-state index contributed by atoms with van der Waals surface area (Å²) in [6.45, 7) is 1.37. The number of nitrogens with two attached hydrogens (primary N) is 1. The van der Waals surface area contributed by atoms with E-state index in [2.05, 4.69) is 4.98 Å². The lowest BCUT2D eigenvalue weighted by Crippen LogP contribution is -2.04. The Morgan fingerprint density at radius 1 is 1.38 bits per heavy atom. The Kier molecular flexibility index (Phi) is 3.81. The molecule has 0 aliphatic heterocycles. The first-order valence-corrected chi connectivity index (χ1v) is 7.55. The number of anilines is 1. The highest BCUT2D eigenvalue weighted by atomic mass is 32.1. The van der Waals surface area contributed by atoms with Crippen molar-refractivity contribution in [2.75, 3.05) is 19.5 Å². The van der Waals surface area contributed by atoms with E-state index < -0.39 is 0 Å². The Hall–Kier alpha value is -2.05. The molecule has 0 spiro atoms. The molecular weight excluding hydrogens is 286 g/mol. The number of aryl methyl sites for hydroxylation is 1. The van der Waals surface area contributed by atoms with Crippen molar-refractivity contribution in [3.63, 3.8) is 0 Å². The largest absolute Gasteiger partial charge is 0.506 e. The molecule has 2 aromatic heterocycles. The van der Waals surface area contributed by atoms with Gasteiger partial charge in [0.2, 0.25) is 0 Å². The fraction of sp³-hybridized carbons (Fsp3) is 0.267. The Morgan fingerprint density at radius 2 is 2.19 bits per heavy atom. The van der Waals surface area contributed by atoms with Gasteiger partial charge in [-0.05, 0) is 18.6 Å². The number of methoxy groups -OCH3 is 1. The first-order chi connectivity index (χ1) is 10.2. The van der Waals surface area contributed by atoms with E-state index in [-0.39, 0.29) is 5.75 Å². The minimum atomic E-state index is 0.170. The molecule has 2 heterocycles. The van der Waals surface area contributed by atoms with Gasteiger partial charge in [-0.3, -0.25) is 0 Å². The minimum Gasteiger partial charge on any atom is -0.506 e. The van der Waals surface area contributed by atoms with Crippen LogP contribution in [0.3, 0.4) is 0 Å². The zero-order valence-electron chi connectivity index (χ0n) is 11.7. The number of thiazole rings is 1. The van der Waals surface area contributed by atoms with Gasteiger partial charge in [-0.2, -0.15) is 0 Å². The summed E-state index contributed by atoms with van der Waals surface area (Å²) in [7, 11) is 1.67. The van der Waals surface area contributed by atoms with Crippen LogP contribution in [0.25, 0.3) is 20.8 Å². The van der Waals surface area contributed by atoms with Gasteiger partial charge in [0.05, 0.1) is 15.8 Å². The highest BCUT2D eigenvalue weighted by Crippen LogP contribution is 2.40. The van der Waals surface area contributed by atoms with Crippen LogP contribution in [0.4, 0.5) is 5.82 Å². The second-order valence-corrected chi connectivity index (χ2v) is 5.83. The van der Waals surface area contributed by atoms with Gasteiger partial charge in [0, 0.05) is 26.5 Å². The quantitative estimate of drug-likeness (QED) is 0.710. The van der Waals surface area contributed by atoms with Crippen molar-refractivity contribution in [2.45, 2.75) is 13.0 Å². The summed E-state index contributed by atoms with van der Waals surface area (Å²) in [5.41, 5.74) is 7.71. The van der Waals surface area contributed by atoms with E-state index in [1.165, 1.54) is 11.3 Å². The van der Waals surface area contributed by atoms with Crippen LogP contribution in [-0.2, 0) is 11.3 Å². The number of nitrogen functional groups attached to an aromatic ring is 1. The monoisotopic (exact) mass is 303 g/mol. The summed E-state index contributed by atoms with van der Waals surface area (Å²) in [6.07, 6.45) is 2.50.